The molecule has 0 aliphatic carbocycles. The molecule has 2 aliphatic heterocycles. The molecular formula is C23H30BrN3O4. The van der Waals surface area contributed by atoms with Crippen molar-refractivity contribution in [3.63, 3.8) is 0 Å². The van der Waals surface area contributed by atoms with Crippen LogP contribution in [0.2, 0.25) is 0 Å². The van der Waals surface area contributed by atoms with Gasteiger partial charge in [-0.25, -0.2) is 9.78 Å². The zero-order valence-corrected chi connectivity index (χ0v) is 19.9. The lowest BCUT2D eigenvalue weighted by Crippen LogP contribution is -2.36. The topological polar surface area (TPSA) is 76.7 Å². The second-order valence-electron chi connectivity index (χ2n) is 9.01. The van der Waals surface area contributed by atoms with E-state index >= 15 is 0 Å². The van der Waals surface area contributed by atoms with Gasteiger partial charge in [-0.2, -0.15) is 0 Å². The summed E-state index contributed by atoms with van der Waals surface area (Å²) in [5.74, 6) is 0.784. The fraction of sp³-hybridized carbons (Fsp3) is 0.565. The Morgan fingerprint density at radius 1 is 1.23 bits per heavy atom. The summed E-state index contributed by atoms with van der Waals surface area (Å²) in [5, 5.41) is 0. The molecule has 4 rings (SSSR count). The summed E-state index contributed by atoms with van der Waals surface area (Å²) in [5.41, 5.74) is 2.34. The van der Waals surface area contributed by atoms with Crippen molar-refractivity contribution in [2.24, 2.45) is 0 Å². The molecule has 31 heavy (non-hydrogen) atoms. The molecule has 7 nitrogen and oxygen atoms in total. The molecule has 2 saturated heterocycles. The van der Waals surface area contributed by atoms with Crippen LogP contribution < -0.4 is 0 Å². The number of aromatic amines is 1. The van der Waals surface area contributed by atoms with Gasteiger partial charge in [-0.1, -0.05) is 28.1 Å². The molecule has 1 atom stereocenters. The summed E-state index contributed by atoms with van der Waals surface area (Å²) >= 11 is 3.50. The first-order chi connectivity index (χ1) is 14.8. The van der Waals surface area contributed by atoms with Gasteiger partial charge < -0.3 is 19.2 Å². The number of rotatable bonds is 4. The fourth-order valence-corrected chi connectivity index (χ4v) is 4.26. The van der Waals surface area contributed by atoms with E-state index in [0.29, 0.717) is 26.2 Å². The molecule has 1 aromatic carbocycles. The average Bonchev–Trinajstić information content (AvgIpc) is 3.35. The number of amides is 1. The first-order valence-corrected chi connectivity index (χ1v) is 11.7. The highest BCUT2D eigenvalue weighted by molar-refractivity contribution is 9.10. The van der Waals surface area contributed by atoms with Crippen LogP contribution in [0.15, 0.2) is 28.7 Å². The van der Waals surface area contributed by atoms with Crippen molar-refractivity contribution in [1.82, 2.24) is 14.9 Å². The Labute approximate surface area is 191 Å². The molecule has 0 spiro atoms. The predicted molar refractivity (Wildman–Crippen MR) is 121 cm³/mol. The lowest BCUT2D eigenvalue weighted by Gasteiger charge is -2.27. The molecule has 2 aliphatic rings. The van der Waals surface area contributed by atoms with E-state index in [-0.39, 0.29) is 18.4 Å². The van der Waals surface area contributed by atoms with Gasteiger partial charge in [-0.15, -0.1) is 0 Å². The zero-order chi connectivity index (χ0) is 22.0. The van der Waals surface area contributed by atoms with E-state index in [0.717, 1.165) is 46.5 Å². The van der Waals surface area contributed by atoms with Gasteiger partial charge in [0.15, 0.2) is 6.29 Å². The maximum absolute atomic E-state index is 12.8. The van der Waals surface area contributed by atoms with Crippen LogP contribution in [0.4, 0.5) is 4.79 Å². The average molecular weight is 492 g/mol. The van der Waals surface area contributed by atoms with Crippen LogP contribution >= 0.6 is 15.9 Å². The molecular weight excluding hydrogens is 462 g/mol. The molecule has 2 fully saturated rings. The molecule has 1 N–H and O–H groups in total. The Bertz CT molecular complexity index is 901. The number of benzene rings is 1. The third-order valence-electron chi connectivity index (χ3n) is 5.38. The molecule has 0 saturated carbocycles. The Balaban J connectivity index is 1.63. The highest BCUT2D eigenvalue weighted by atomic mass is 79.9. The Morgan fingerprint density at radius 3 is 2.61 bits per heavy atom. The summed E-state index contributed by atoms with van der Waals surface area (Å²) < 4.78 is 18.2. The summed E-state index contributed by atoms with van der Waals surface area (Å²) in [6.45, 7) is 7.72. The molecule has 3 heterocycles. The third-order valence-corrected chi connectivity index (χ3v) is 5.91. The van der Waals surface area contributed by atoms with Gasteiger partial charge in [-0.05, 0) is 57.7 Å². The maximum atomic E-state index is 12.8. The van der Waals surface area contributed by atoms with Crippen LogP contribution in [0.1, 0.15) is 57.6 Å². The van der Waals surface area contributed by atoms with E-state index in [1.165, 1.54) is 0 Å². The number of nitrogens with zero attached hydrogens (tertiary/aromatic N) is 2. The Morgan fingerprint density at radius 2 is 1.94 bits per heavy atom. The van der Waals surface area contributed by atoms with Crippen molar-refractivity contribution in [1.29, 1.82) is 0 Å². The minimum Gasteiger partial charge on any atom is -0.444 e. The molecule has 168 valence electrons. The first-order valence-electron chi connectivity index (χ1n) is 10.9. The quantitative estimate of drug-likeness (QED) is 0.634. The van der Waals surface area contributed by atoms with Crippen LogP contribution in [0, 0.1) is 0 Å². The zero-order valence-electron chi connectivity index (χ0n) is 18.3. The van der Waals surface area contributed by atoms with E-state index in [1.807, 2.05) is 45.0 Å². The third kappa shape index (κ3) is 5.48. The lowest BCUT2D eigenvalue weighted by molar-refractivity contribution is -0.177. The van der Waals surface area contributed by atoms with Crippen molar-refractivity contribution in [2.75, 3.05) is 19.8 Å². The number of nitrogens with one attached hydrogen (secondary N) is 1. The van der Waals surface area contributed by atoms with Crippen LogP contribution in [0.25, 0.3) is 11.3 Å². The van der Waals surface area contributed by atoms with Crippen molar-refractivity contribution in [2.45, 2.75) is 64.4 Å². The highest BCUT2D eigenvalue weighted by Gasteiger charge is 2.35. The minimum absolute atomic E-state index is 0.133. The number of halogens is 1. The summed E-state index contributed by atoms with van der Waals surface area (Å²) in [6.07, 6.45) is 2.64. The van der Waals surface area contributed by atoms with Gasteiger partial charge in [0.1, 0.15) is 11.4 Å². The van der Waals surface area contributed by atoms with Gasteiger partial charge in [0.2, 0.25) is 0 Å². The van der Waals surface area contributed by atoms with Crippen LogP contribution in [-0.4, -0.2) is 52.6 Å². The standard InChI is InChI=1S/C23H30BrN3O4/c1-23(2,3)31-22(28)27-11-4-6-18(27)21-25-17(14-19-29-12-5-13-30-19)20(26-21)15-7-9-16(24)10-8-15/h7-10,18-19H,4-6,11-14H2,1-3H3,(H,25,26). The molecule has 8 heteroatoms. The summed E-state index contributed by atoms with van der Waals surface area (Å²) in [4.78, 5) is 23.0. The second kappa shape index (κ2) is 9.30. The molecule has 2 aromatic rings. The molecule has 1 aromatic heterocycles. The van der Waals surface area contributed by atoms with Crippen molar-refractivity contribution < 1.29 is 19.0 Å². The number of ether oxygens (including phenoxy) is 3. The van der Waals surface area contributed by atoms with Gasteiger partial charge in [0, 0.05) is 17.4 Å². The normalized spacial score (nSPS) is 20.3. The first kappa shape index (κ1) is 22.3. The molecule has 1 amide bonds. The largest absolute Gasteiger partial charge is 0.444 e. The van der Waals surface area contributed by atoms with E-state index < -0.39 is 5.60 Å². The van der Waals surface area contributed by atoms with Crippen LogP contribution in [-0.2, 0) is 20.6 Å². The number of H-pyrrole nitrogens is 1. The van der Waals surface area contributed by atoms with Gasteiger partial charge in [0.05, 0.1) is 30.6 Å². The fourth-order valence-electron chi connectivity index (χ4n) is 3.99. The lowest BCUT2D eigenvalue weighted by atomic mass is 10.1. The smallest absolute Gasteiger partial charge is 0.410 e. The van der Waals surface area contributed by atoms with Gasteiger partial charge in [0.25, 0.3) is 0 Å². The number of hydrogen-bond donors (Lipinski definition) is 1. The summed E-state index contributed by atoms with van der Waals surface area (Å²) in [7, 11) is 0. The van der Waals surface area contributed by atoms with Crippen LogP contribution in [0.3, 0.4) is 0 Å². The van der Waals surface area contributed by atoms with E-state index in [1.54, 1.807) is 4.90 Å². The van der Waals surface area contributed by atoms with Crippen molar-refractivity contribution in [3.05, 3.63) is 40.3 Å². The molecule has 0 bridgehead atoms. The SMILES string of the molecule is CC(C)(C)OC(=O)N1CCCC1c1nc(CC2OCCCO2)c(-c2ccc(Br)cc2)[nH]1. The van der Waals surface area contributed by atoms with Crippen molar-refractivity contribution >= 4 is 22.0 Å². The minimum atomic E-state index is -0.531. The number of hydrogen-bond acceptors (Lipinski definition) is 5. The van der Waals surface area contributed by atoms with E-state index in [4.69, 9.17) is 19.2 Å². The van der Waals surface area contributed by atoms with Crippen molar-refractivity contribution in [3.8, 4) is 11.3 Å². The number of likely N-dealkylation sites (tertiary alicyclic amines) is 1. The summed E-state index contributed by atoms with van der Waals surface area (Å²) in [6, 6.07) is 7.98. The number of carbonyl (C=O) groups excluding carboxylic acids is 1. The monoisotopic (exact) mass is 491 g/mol. The molecule has 0 radical (unpaired) electrons. The Kier molecular flexibility index (Phi) is 6.69. The van der Waals surface area contributed by atoms with Crippen LogP contribution in [0.5, 0.6) is 0 Å². The van der Waals surface area contributed by atoms with E-state index in [2.05, 4.69) is 20.9 Å². The van der Waals surface area contributed by atoms with Gasteiger partial charge >= 0.3 is 6.09 Å². The highest BCUT2D eigenvalue weighted by Crippen LogP contribution is 2.35. The molecule has 1 unspecified atom stereocenters. The maximum Gasteiger partial charge on any atom is 0.410 e. The number of carbonyl (C=O) groups is 1. The number of imidazole rings is 1. The Hall–Kier alpha value is -1.90. The van der Waals surface area contributed by atoms with Gasteiger partial charge in [-0.3, -0.25) is 4.90 Å². The predicted octanol–water partition coefficient (Wildman–Crippen LogP) is 5.22. The van der Waals surface area contributed by atoms with E-state index in [9.17, 15) is 4.79 Å². The number of aromatic nitrogens is 2. The second-order valence-corrected chi connectivity index (χ2v) is 9.93.